The molecule has 152 valence electrons. The van der Waals surface area contributed by atoms with E-state index in [0.717, 1.165) is 50.9 Å². The number of ketones is 1. The molecule has 1 N–H and O–H groups in total. The second kappa shape index (κ2) is 7.20. The van der Waals surface area contributed by atoms with E-state index < -0.39 is 0 Å². The molecule has 1 aromatic carbocycles. The third-order valence-electron chi connectivity index (χ3n) is 6.31. The summed E-state index contributed by atoms with van der Waals surface area (Å²) in [7, 11) is 0. The van der Waals surface area contributed by atoms with Crippen molar-refractivity contribution in [2.75, 3.05) is 5.75 Å². The van der Waals surface area contributed by atoms with Crippen molar-refractivity contribution in [2.45, 2.75) is 50.0 Å². The van der Waals surface area contributed by atoms with Crippen molar-refractivity contribution in [1.82, 2.24) is 15.0 Å². The van der Waals surface area contributed by atoms with Gasteiger partial charge in [-0.25, -0.2) is 9.97 Å². The maximum atomic E-state index is 13.0. The molecule has 2 aliphatic rings. The normalized spacial score (nSPS) is 18.8. The fourth-order valence-electron chi connectivity index (χ4n) is 4.47. The summed E-state index contributed by atoms with van der Waals surface area (Å²) in [4.78, 5) is 28.8. The molecule has 3 aromatic heterocycles. The van der Waals surface area contributed by atoms with Gasteiger partial charge in [0.1, 0.15) is 15.7 Å². The van der Waals surface area contributed by atoms with E-state index in [0.29, 0.717) is 11.7 Å². The molecule has 1 fully saturated rings. The molecule has 6 rings (SSSR count). The average Bonchev–Trinajstić information content (AvgIpc) is 3.41. The Bertz CT molecular complexity index is 1280. The Balaban J connectivity index is 1.36. The highest BCUT2D eigenvalue weighted by Gasteiger charge is 2.30. The lowest BCUT2D eigenvalue weighted by molar-refractivity contribution is 0.102. The van der Waals surface area contributed by atoms with E-state index in [9.17, 15) is 4.79 Å². The van der Waals surface area contributed by atoms with Gasteiger partial charge in [0.2, 0.25) is 0 Å². The number of benzene rings is 1. The number of hydrogen-bond donors (Lipinski definition) is 1. The number of H-pyrrole nitrogens is 1. The summed E-state index contributed by atoms with van der Waals surface area (Å²) < 4.78 is 0. The molecule has 0 aliphatic heterocycles. The first-order valence-corrected chi connectivity index (χ1v) is 12.5. The van der Waals surface area contributed by atoms with Gasteiger partial charge in [-0.05, 0) is 49.7 Å². The molecule has 6 heteroatoms. The van der Waals surface area contributed by atoms with Gasteiger partial charge < -0.3 is 4.98 Å². The highest BCUT2D eigenvalue weighted by molar-refractivity contribution is 8.00. The van der Waals surface area contributed by atoms with E-state index in [1.54, 1.807) is 11.8 Å². The number of aryl methyl sites for hydroxylation is 1. The number of nitrogens with zero attached hydrogens (tertiary/aromatic N) is 2. The predicted molar refractivity (Wildman–Crippen MR) is 124 cm³/mol. The van der Waals surface area contributed by atoms with E-state index in [2.05, 4.69) is 11.9 Å². The SMILES string of the molecule is C[C@H]1CCc2c(sc3nc(C4CC4)nc(SCC(=O)c4c[nH]c5ccccc45)c23)C1. The highest BCUT2D eigenvalue weighted by Crippen LogP contribution is 2.44. The predicted octanol–water partition coefficient (Wildman–Crippen LogP) is 6.15. The summed E-state index contributed by atoms with van der Waals surface area (Å²) in [6.45, 7) is 2.34. The Hall–Kier alpha value is -2.18. The van der Waals surface area contributed by atoms with Gasteiger partial charge in [0.25, 0.3) is 0 Å². The lowest BCUT2D eigenvalue weighted by Gasteiger charge is -2.18. The van der Waals surface area contributed by atoms with E-state index in [1.807, 2.05) is 41.8 Å². The number of hydrogen-bond acceptors (Lipinski definition) is 5. The van der Waals surface area contributed by atoms with Crippen LogP contribution in [0, 0.1) is 5.92 Å². The van der Waals surface area contributed by atoms with Crippen LogP contribution in [0.25, 0.3) is 21.1 Å². The number of carbonyl (C=O) groups excluding carboxylic acids is 1. The van der Waals surface area contributed by atoms with Crippen LogP contribution in [-0.2, 0) is 12.8 Å². The number of nitrogens with one attached hydrogen (secondary N) is 1. The lowest BCUT2D eigenvalue weighted by Crippen LogP contribution is -2.09. The molecular weight excluding hydrogens is 410 g/mol. The Morgan fingerprint density at radius 2 is 2.10 bits per heavy atom. The first-order valence-electron chi connectivity index (χ1n) is 10.7. The smallest absolute Gasteiger partial charge is 0.175 e. The van der Waals surface area contributed by atoms with E-state index in [1.165, 1.54) is 35.1 Å². The van der Waals surface area contributed by atoms with E-state index in [4.69, 9.17) is 9.97 Å². The minimum absolute atomic E-state index is 0.148. The number of aromatic amines is 1. The van der Waals surface area contributed by atoms with Crippen LogP contribution in [-0.4, -0.2) is 26.5 Å². The van der Waals surface area contributed by atoms with E-state index in [-0.39, 0.29) is 5.78 Å². The maximum Gasteiger partial charge on any atom is 0.175 e. The molecule has 1 saturated carbocycles. The van der Waals surface area contributed by atoms with Crippen LogP contribution >= 0.6 is 23.1 Å². The molecule has 1 atom stereocenters. The Morgan fingerprint density at radius 1 is 1.23 bits per heavy atom. The molecule has 0 unspecified atom stereocenters. The van der Waals surface area contributed by atoms with Crippen molar-refractivity contribution in [1.29, 1.82) is 0 Å². The number of rotatable bonds is 5. The minimum atomic E-state index is 0.148. The lowest BCUT2D eigenvalue weighted by atomic mass is 9.89. The highest BCUT2D eigenvalue weighted by atomic mass is 32.2. The molecule has 30 heavy (non-hydrogen) atoms. The zero-order valence-corrected chi connectivity index (χ0v) is 18.5. The monoisotopic (exact) mass is 433 g/mol. The molecule has 0 saturated heterocycles. The van der Waals surface area contributed by atoms with Crippen molar-refractivity contribution in [2.24, 2.45) is 5.92 Å². The molecule has 0 spiro atoms. The molecule has 3 heterocycles. The van der Waals surface area contributed by atoms with Gasteiger partial charge in [0.05, 0.1) is 5.75 Å². The number of thioether (sulfide) groups is 1. The van der Waals surface area contributed by atoms with Crippen LogP contribution in [0.15, 0.2) is 35.5 Å². The van der Waals surface area contributed by atoms with Gasteiger partial charge in [0, 0.05) is 38.8 Å². The first kappa shape index (κ1) is 18.6. The first-order chi connectivity index (χ1) is 14.7. The van der Waals surface area contributed by atoms with Gasteiger partial charge in [-0.1, -0.05) is 36.9 Å². The van der Waals surface area contributed by atoms with Gasteiger partial charge in [0.15, 0.2) is 5.78 Å². The Labute approximate surface area is 183 Å². The molecule has 2 aliphatic carbocycles. The summed E-state index contributed by atoms with van der Waals surface area (Å²) in [5.74, 6) is 2.78. The Kier molecular flexibility index (Phi) is 4.46. The summed E-state index contributed by atoms with van der Waals surface area (Å²) >= 11 is 3.45. The van der Waals surface area contributed by atoms with Crippen molar-refractivity contribution in [3.63, 3.8) is 0 Å². The molecule has 4 nitrogen and oxygen atoms in total. The van der Waals surface area contributed by atoms with Crippen molar-refractivity contribution < 1.29 is 4.79 Å². The summed E-state index contributed by atoms with van der Waals surface area (Å²) in [5, 5.41) is 3.24. The molecule has 0 bridgehead atoms. The Morgan fingerprint density at radius 3 is 2.97 bits per heavy atom. The van der Waals surface area contributed by atoms with Crippen molar-refractivity contribution in [3.05, 3.63) is 52.3 Å². The summed E-state index contributed by atoms with van der Waals surface area (Å²) in [6, 6.07) is 7.98. The van der Waals surface area contributed by atoms with Crippen LogP contribution in [0.4, 0.5) is 0 Å². The zero-order valence-electron chi connectivity index (χ0n) is 16.9. The van der Waals surface area contributed by atoms with Crippen LogP contribution in [0.2, 0.25) is 0 Å². The van der Waals surface area contributed by atoms with E-state index >= 15 is 0 Å². The zero-order chi connectivity index (χ0) is 20.2. The quantitative estimate of drug-likeness (QED) is 0.233. The molecule has 0 radical (unpaired) electrons. The van der Waals surface area contributed by atoms with Gasteiger partial charge in [-0.15, -0.1) is 11.3 Å². The second-order valence-electron chi connectivity index (χ2n) is 8.65. The van der Waals surface area contributed by atoms with Gasteiger partial charge in [-0.2, -0.15) is 0 Å². The van der Waals surface area contributed by atoms with Crippen molar-refractivity contribution >= 4 is 50.0 Å². The second-order valence-corrected chi connectivity index (χ2v) is 10.7. The largest absolute Gasteiger partial charge is 0.360 e. The molecule has 4 aromatic rings. The fraction of sp³-hybridized carbons (Fsp3) is 0.375. The third-order valence-corrected chi connectivity index (χ3v) is 8.43. The number of aromatic nitrogens is 3. The number of thiophene rings is 1. The summed E-state index contributed by atoms with van der Waals surface area (Å²) in [6.07, 6.45) is 7.69. The minimum Gasteiger partial charge on any atom is -0.360 e. The van der Waals surface area contributed by atoms with Gasteiger partial charge in [-0.3, -0.25) is 4.79 Å². The standard InChI is InChI=1S/C24H23N3OS2/c1-13-6-9-16-20(10-13)30-24-21(16)23(26-22(27-24)14-7-8-14)29-12-19(28)17-11-25-18-5-3-2-4-15(17)18/h2-5,11,13-14,25H,6-10,12H2,1H3/t13-/m0/s1. The van der Waals surface area contributed by atoms with Crippen LogP contribution in [0.1, 0.15) is 58.7 Å². The summed E-state index contributed by atoms with van der Waals surface area (Å²) in [5.41, 5.74) is 3.22. The number of Topliss-reactive ketones (excluding diaryl/α,β-unsaturated/α-hetero) is 1. The average molecular weight is 434 g/mol. The van der Waals surface area contributed by atoms with Crippen molar-refractivity contribution in [3.8, 4) is 0 Å². The molecule has 0 amide bonds. The van der Waals surface area contributed by atoms with Gasteiger partial charge >= 0.3 is 0 Å². The van der Waals surface area contributed by atoms with Crippen LogP contribution < -0.4 is 0 Å². The fourth-order valence-corrected chi connectivity index (χ4v) is 6.87. The van der Waals surface area contributed by atoms with Crippen LogP contribution in [0.3, 0.4) is 0 Å². The number of fused-ring (bicyclic) bond motifs is 4. The maximum absolute atomic E-state index is 13.0. The van der Waals surface area contributed by atoms with Crippen LogP contribution in [0.5, 0.6) is 0 Å². The number of para-hydroxylation sites is 1. The number of carbonyl (C=O) groups is 1. The third kappa shape index (κ3) is 3.17. The molecular formula is C24H23N3OS2. The topological polar surface area (TPSA) is 58.6 Å².